The van der Waals surface area contributed by atoms with Gasteiger partial charge in [0.05, 0.1) is 62.4 Å². The van der Waals surface area contributed by atoms with Crippen LogP contribution in [0.4, 0.5) is 0 Å². The Morgan fingerprint density at radius 2 is 0.529 bits per heavy atom. The normalized spacial score (nSPS) is 16.4. The van der Waals surface area contributed by atoms with Gasteiger partial charge in [0.1, 0.15) is 0 Å². The lowest BCUT2D eigenvalue weighted by Crippen LogP contribution is -2.35. The van der Waals surface area contributed by atoms with E-state index in [1.807, 2.05) is 19.6 Å². The number of thiol groups is 2. The number of allylic oxidation sites excluding steroid dienone is 2. The van der Waals surface area contributed by atoms with Crippen LogP contribution in [0.25, 0.3) is 11.4 Å². The fourth-order valence-corrected chi connectivity index (χ4v) is 20.3. The van der Waals surface area contributed by atoms with Crippen molar-refractivity contribution in [3.05, 3.63) is 97.2 Å². The second kappa shape index (κ2) is 52.5. The Bertz CT molecular complexity index is 2860. The third-order valence-corrected chi connectivity index (χ3v) is 26.8. The number of nitrogens with zero attached hydrogens (tertiary/aromatic N) is 4. The third-order valence-electron chi connectivity index (χ3n) is 22.8. The summed E-state index contributed by atoms with van der Waals surface area (Å²) in [6.45, 7) is 20.5. The molecule has 0 bridgehead atoms. The van der Waals surface area contributed by atoms with Crippen LogP contribution < -0.4 is 0 Å². The molecule has 0 fully saturated rings. The maximum atomic E-state index is 16.0. The van der Waals surface area contributed by atoms with Gasteiger partial charge in [0, 0.05) is 36.0 Å². The minimum absolute atomic E-state index is 0.0713. The SMILES string of the molecule is CCCCCCCCC(CCCCCC)CN1C(=O)C2=C(c3ccc(Br)s3)N(CC(CCCCCC)CCCCCCCC)C(=O)C2=C1/C(S)=C/CC/C=C(\S)C1=C2C(=O)N(CC(CCCCCC)CCCCCCCC)C(c3ccc(Br)s3)=C2C(=O)N1CC(CCCCCC)CCCCCCCC. The largest absolute Gasteiger partial charge is 0.306 e. The van der Waals surface area contributed by atoms with Gasteiger partial charge in [0.25, 0.3) is 23.6 Å². The summed E-state index contributed by atoms with van der Waals surface area (Å²) in [6.07, 6.45) is 62.1. The van der Waals surface area contributed by atoms with Gasteiger partial charge in [-0.3, -0.25) is 19.2 Å². The fraction of sp³-hybridized carbons (Fsp3) is 0.733. The van der Waals surface area contributed by atoms with Crippen molar-refractivity contribution in [2.24, 2.45) is 23.7 Å². The van der Waals surface area contributed by atoms with Gasteiger partial charge in [-0.25, -0.2) is 0 Å². The highest BCUT2D eigenvalue weighted by atomic mass is 79.9. The molecule has 4 aliphatic heterocycles. The number of fused-ring (bicyclic) bond motifs is 2. The first-order chi connectivity index (χ1) is 50.7. The molecular formula is C90H144Br2N4O4S4. The number of amides is 4. The van der Waals surface area contributed by atoms with Crippen molar-refractivity contribution in [2.75, 3.05) is 26.2 Å². The van der Waals surface area contributed by atoms with E-state index >= 15 is 19.2 Å². The smallest absolute Gasteiger partial charge is 0.261 e. The van der Waals surface area contributed by atoms with E-state index in [1.165, 1.54) is 205 Å². The minimum atomic E-state index is -0.0713. The van der Waals surface area contributed by atoms with Crippen LogP contribution >= 0.6 is 79.8 Å². The van der Waals surface area contributed by atoms with Crippen molar-refractivity contribution in [1.82, 2.24) is 19.6 Å². The van der Waals surface area contributed by atoms with Crippen LogP contribution in [0, 0.1) is 23.7 Å². The van der Waals surface area contributed by atoms with Crippen LogP contribution in [0.3, 0.4) is 0 Å². The molecule has 104 heavy (non-hydrogen) atoms. The highest BCUT2D eigenvalue weighted by molar-refractivity contribution is 9.11. The summed E-state index contributed by atoms with van der Waals surface area (Å²) in [5.41, 5.74) is 4.98. The lowest BCUT2D eigenvalue weighted by Gasteiger charge is -2.30. The number of carbonyl (C=O) groups excluding carboxylic acids is 4. The summed E-state index contributed by atoms with van der Waals surface area (Å²) in [5, 5.41) is 0. The molecule has 2 aromatic rings. The highest BCUT2D eigenvalue weighted by Crippen LogP contribution is 2.51. The number of carbonyl (C=O) groups is 4. The molecule has 4 aliphatic rings. The van der Waals surface area contributed by atoms with Crippen molar-refractivity contribution in [3.63, 3.8) is 0 Å². The van der Waals surface area contributed by atoms with Gasteiger partial charge in [-0.2, -0.15) is 0 Å². The number of unbranched alkanes of at least 4 members (excludes halogenated alkanes) is 33. The van der Waals surface area contributed by atoms with Crippen molar-refractivity contribution in [3.8, 4) is 0 Å². The average Bonchev–Trinajstić information content (AvgIpc) is 1.57. The minimum Gasteiger partial charge on any atom is -0.306 e. The van der Waals surface area contributed by atoms with Crippen LogP contribution in [-0.4, -0.2) is 69.4 Å². The molecule has 6 rings (SSSR count). The predicted octanol–water partition coefficient (Wildman–Crippen LogP) is 29.1. The topological polar surface area (TPSA) is 81.2 Å². The molecule has 4 amide bonds. The highest BCUT2D eigenvalue weighted by Gasteiger charge is 2.52. The van der Waals surface area contributed by atoms with E-state index < -0.39 is 0 Å². The van der Waals surface area contributed by atoms with Gasteiger partial charge in [-0.05, 0) is 144 Å². The Hall–Kier alpha value is -2.62. The van der Waals surface area contributed by atoms with Crippen LogP contribution in [0.15, 0.2) is 87.5 Å². The molecule has 4 unspecified atom stereocenters. The zero-order chi connectivity index (χ0) is 74.9. The molecule has 0 N–H and O–H groups in total. The van der Waals surface area contributed by atoms with E-state index in [-0.39, 0.29) is 35.5 Å². The Morgan fingerprint density at radius 3 is 0.760 bits per heavy atom. The van der Waals surface area contributed by atoms with Crippen LogP contribution in [0.2, 0.25) is 0 Å². The van der Waals surface area contributed by atoms with Crippen molar-refractivity contribution in [2.45, 2.75) is 376 Å². The predicted molar refractivity (Wildman–Crippen MR) is 463 cm³/mol. The fourth-order valence-electron chi connectivity index (χ4n) is 16.7. The van der Waals surface area contributed by atoms with Crippen LogP contribution in [0.5, 0.6) is 0 Å². The number of rotatable bonds is 63. The lowest BCUT2D eigenvalue weighted by molar-refractivity contribution is -0.125. The van der Waals surface area contributed by atoms with Gasteiger partial charge in [0.15, 0.2) is 0 Å². The standard InChI is InChI=1S/C90H144Br2N4O4S4/c1-9-17-25-33-37-45-55-69(51-41-29-21-13-5)65-93-83(79-81(89(93)99)85(75-61-63-77(91)103-75)95(87(79)97)67-71(53-43-31-23-15-7)57-47-39-35-27-19-11-3)73(101)59-49-50-60-74(102)84-80-82(90(100)94(84)66-70(52-42-30-22-14-6)56-46-38-34-26-18-10-2)86(76-62-64-78(92)104-76)96(88(80)98)68-72(54-44-32-24-16-8)58-48-40-36-28-20-12-4/h59-64,69-72,101-102H,9-58,65-68H2,1-8H3/b73-59-,74-60-. The summed E-state index contributed by atoms with van der Waals surface area (Å²) >= 11 is 21.8. The monoisotopic (exact) mass is 1630 g/mol. The van der Waals surface area contributed by atoms with E-state index in [9.17, 15) is 0 Å². The summed E-state index contributed by atoms with van der Waals surface area (Å²) in [7, 11) is 0. The molecule has 14 heteroatoms. The van der Waals surface area contributed by atoms with Crippen molar-refractivity contribution < 1.29 is 19.2 Å². The molecule has 0 saturated carbocycles. The quantitative estimate of drug-likeness (QED) is 0.0511. The molecule has 4 atom stereocenters. The Labute approximate surface area is 671 Å². The maximum absolute atomic E-state index is 16.0. The van der Waals surface area contributed by atoms with Crippen molar-refractivity contribution >= 4 is 115 Å². The first-order valence-corrected chi connectivity index (χ1v) is 47.4. The maximum Gasteiger partial charge on any atom is 0.261 e. The zero-order valence-corrected chi connectivity index (χ0v) is 73.4. The molecule has 0 spiro atoms. The summed E-state index contributed by atoms with van der Waals surface area (Å²) in [5.74, 6) is 0.912. The van der Waals surface area contributed by atoms with Crippen molar-refractivity contribution in [1.29, 1.82) is 0 Å². The van der Waals surface area contributed by atoms with E-state index in [4.69, 9.17) is 25.3 Å². The molecule has 2 aromatic heterocycles. The van der Waals surface area contributed by atoms with Gasteiger partial charge < -0.3 is 19.6 Å². The number of hydrogen-bond acceptors (Lipinski definition) is 8. The van der Waals surface area contributed by atoms with Gasteiger partial charge >= 0.3 is 0 Å². The number of thiophene rings is 2. The van der Waals surface area contributed by atoms with Crippen LogP contribution in [-0.2, 0) is 19.2 Å². The first kappa shape index (κ1) is 90.3. The second-order valence-corrected chi connectivity index (χ2v) is 37.5. The Morgan fingerprint density at radius 1 is 0.317 bits per heavy atom. The lowest BCUT2D eigenvalue weighted by atomic mass is 9.93. The molecule has 0 saturated heterocycles. The Kier molecular flexibility index (Phi) is 45.6. The molecule has 0 aromatic carbocycles. The van der Waals surface area contributed by atoms with E-state index in [2.05, 4.69) is 124 Å². The summed E-state index contributed by atoms with van der Waals surface area (Å²) < 4.78 is 1.95. The van der Waals surface area contributed by atoms with Gasteiger partial charge in [-0.15, -0.1) is 47.9 Å². The van der Waals surface area contributed by atoms with E-state index in [0.717, 1.165) is 131 Å². The molecule has 586 valence electrons. The van der Waals surface area contributed by atoms with Crippen LogP contribution in [0.1, 0.15) is 386 Å². The summed E-state index contributed by atoms with van der Waals surface area (Å²) in [4.78, 5) is 75.4. The molecule has 0 aliphatic carbocycles. The molecular weight excluding hydrogens is 1490 g/mol. The Balaban J connectivity index is 1.46. The molecule has 8 nitrogen and oxygen atoms in total. The number of halogens is 2. The molecule has 6 heterocycles. The molecule has 0 radical (unpaired) electrons. The van der Waals surface area contributed by atoms with Gasteiger partial charge in [0.2, 0.25) is 0 Å². The summed E-state index contributed by atoms with van der Waals surface area (Å²) in [6, 6.07) is 8.34. The zero-order valence-electron chi connectivity index (χ0n) is 66.8. The van der Waals surface area contributed by atoms with Gasteiger partial charge in [-0.1, -0.05) is 324 Å². The van der Waals surface area contributed by atoms with E-state index in [1.54, 1.807) is 22.7 Å². The average molecular weight is 1630 g/mol. The second-order valence-electron chi connectivity index (χ2n) is 31.6. The van der Waals surface area contributed by atoms with E-state index in [0.29, 0.717) is 94.4 Å². The number of hydrogen-bond donors (Lipinski definition) is 2. The first-order valence-electron chi connectivity index (χ1n) is 43.3. The third kappa shape index (κ3) is 28.9.